The number of piperidine rings is 1. The first kappa shape index (κ1) is 25.1. The Hall–Kier alpha value is -3.56. The van der Waals surface area contributed by atoms with Crippen LogP contribution < -0.4 is 5.32 Å². The molecule has 1 fully saturated rings. The Labute approximate surface area is 224 Å². The molecule has 1 saturated heterocycles. The molecule has 2 amide bonds. The van der Waals surface area contributed by atoms with E-state index in [1.165, 1.54) is 23.1 Å². The fourth-order valence-corrected chi connectivity index (χ4v) is 6.08. The quantitative estimate of drug-likeness (QED) is 0.235. The molecule has 0 aliphatic carbocycles. The number of carbonyl (C=O) groups excluding carboxylic acids is 2. The largest absolute Gasteiger partial charge is 0.339 e. The molecule has 1 aromatic carbocycles. The summed E-state index contributed by atoms with van der Waals surface area (Å²) in [6.07, 6.45) is 5.14. The molecule has 3 aromatic heterocycles. The van der Waals surface area contributed by atoms with E-state index in [0.29, 0.717) is 35.8 Å². The minimum absolute atomic E-state index is 0.0121. The van der Waals surface area contributed by atoms with Gasteiger partial charge in [-0.25, -0.2) is 9.97 Å². The number of hydrogen-bond donors (Lipinski definition) is 1. The van der Waals surface area contributed by atoms with Crippen molar-refractivity contribution in [3.05, 3.63) is 88.7 Å². The van der Waals surface area contributed by atoms with Gasteiger partial charge in [-0.1, -0.05) is 12.1 Å². The van der Waals surface area contributed by atoms with E-state index in [4.69, 9.17) is 0 Å². The van der Waals surface area contributed by atoms with Crippen LogP contribution in [-0.4, -0.2) is 50.5 Å². The molecule has 37 heavy (non-hydrogen) atoms. The summed E-state index contributed by atoms with van der Waals surface area (Å²) in [5, 5.41) is 7.42. The maximum Gasteiger partial charge on any atom is 0.275 e. The molecule has 0 atom stereocenters. The van der Waals surface area contributed by atoms with Gasteiger partial charge in [0.15, 0.2) is 0 Å². The summed E-state index contributed by atoms with van der Waals surface area (Å²) in [7, 11) is 0. The lowest BCUT2D eigenvalue weighted by molar-refractivity contribution is 0.0708. The highest BCUT2D eigenvalue weighted by atomic mass is 32.2. The Morgan fingerprint density at radius 2 is 2.03 bits per heavy atom. The molecule has 0 spiro atoms. The summed E-state index contributed by atoms with van der Waals surface area (Å²) in [5.74, 6) is 0.722. The number of aromatic nitrogens is 3. The second-order valence-electron chi connectivity index (χ2n) is 8.91. The van der Waals surface area contributed by atoms with Crippen LogP contribution in [0.2, 0.25) is 0 Å². The summed E-state index contributed by atoms with van der Waals surface area (Å²) < 4.78 is 0. The van der Waals surface area contributed by atoms with Gasteiger partial charge in [0.05, 0.1) is 16.1 Å². The van der Waals surface area contributed by atoms with Gasteiger partial charge >= 0.3 is 0 Å². The highest BCUT2D eigenvalue weighted by Gasteiger charge is 2.28. The van der Waals surface area contributed by atoms with E-state index in [-0.39, 0.29) is 17.7 Å². The number of amides is 2. The maximum absolute atomic E-state index is 13.2. The van der Waals surface area contributed by atoms with E-state index in [1.807, 2.05) is 59.7 Å². The van der Waals surface area contributed by atoms with Crippen LogP contribution in [0.3, 0.4) is 0 Å². The SMILES string of the molecule is C=CCSc1ncccc1C(=O)N1CCC(c2nc(C(=O)Nc3ccc4nc(C)ccc4c3)cs2)CC1. The number of nitrogens with one attached hydrogen (secondary N) is 1. The van der Waals surface area contributed by atoms with Crippen molar-refractivity contribution >= 4 is 51.5 Å². The number of anilines is 1. The number of nitrogens with zero attached hydrogens (tertiary/aromatic N) is 4. The fourth-order valence-electron chi connectivity index (χ4n) is 4.39. The first-order chi connectivity index (χ1) is 18.0. The van der Waals surface area contributed by atoms with Gasteiger partial charge in [0.25, 0.3) is 11.8 Å². The van der Waals surface area contributed by atoms with Gasteiger partial charge in [-0.15, -0.1) is 29.7 Å². The molecule has 4 heterocycles. The third-order valence-electron chi connectivity index (χ3n) is 6.31. The lowest BCUT2D eigenvalue weighted by atomic mass is 9.97. The predicted octanol–water partition coefficient (Wildman–Crippen LogP) is 5.94. The molecule has 9 heteroatoms. The Bertz CT molecular complexity index is 1460. The molecular formula is C28H27N5O2S2. The average Bonchev–Trinajstić information content (AvgIpc) is 3.42. The molecule has 0 saturated carbocycles. The summed E-state index contributed by atoms with van der Waals surface area (Å²) in [4.78, 5) is 41.4. The number of hydrogen-bond acceptors (Lipinski definition) is 7. The van der Waals surface area contributed by atoms with Crippen LogP contribution in [0.1, 0.15) is 50.3 Å². The molecule has 0 bridgehead atoms. The molecule has 0 radical (unpaired) electrons. The number of pyridine rings is 2. The van der Waals surface area contributed by atoms with Gasteiger partial charge in [0.1, 0.15) is 10.7 Å². The second-order valence-corrected chi connectivity index (χ2v) is 10.8. The standard InChI is InChI=1S/C28H27N5O2S2/c1-3-15-36-27-22(5-4-12-29-27)28(35)33-13-10-19(11-14-33)26-32-24(17-37-26)25(34)31-21-8-9-23-20(16-21)7-6-18(2)30-23/h3-9,12,16-17,19H,1,10-11,13-15H2,2H3,(H,31,34). The topological polar surface area (TPSA) is 88.1 Å². The zero-order chi connectivity index (χ0) is 25.8. The number of rotatable bonds is 7. The zero-order valence-corrected chi connectivity index (χ0v) is 22.1. The van der Waals surface area contributed by atoms with Crippen molar-refractivity contribution < 1.29 is 9.59 Å². The lowest BCUT2D eigenvalue weighted by Crippen LogP contribution is -2.38. The van der Waals surface area contributed by atoms with Crippen molar-refractivity contribution in [2.75, 3.05) is 24.2 Å². The summed E-state index contributed by atoms with van der Waals surface area (Å²) in [5.41, 5.74) is 3.62. The molecule has 4 aromatic rings. The predicted molar refractivity (Wildman–Crippen MR) is 150 cm³/mol. The minimum Gasteiger partial charge on any atom is -0.339 e. The number of carbonyl (C=O) groups is 2. The van der Waals surface area contributed by atoms with Crippen molar-refractivity contribution in [2.45, 2.75) is 30.7 Å². The van der Waals surface area contributed by atoms with Gasteiger partial charge in [0, 0.05) is 53.1 Å². The van der Waals surface area contributed by atoms with Crippen molar-refractivity contribution in [3.8, 4) is 0 Å². The Kier molecular flexibility index (Phi) is 7.62. The van der Waals surface area contributed by atoms with Crippen LogP contribution in [-0.2, 0) is 0 Å². The van der Waals surface area contributed by atoms with Gasteiger partial charge < -0.3 is 10.2 Å². The maximum atomic E-state index is 13.2. The lowest BCUT2D eigenvalue weighted by Gasteiger charge is -2.31. The summed E-state index contributed by atoms with van der Waals surface area (Å²) >= 11 is 3.03. The molecule has 0 unspecified atom stereocenters. The first-order valence-corrected chi connectivity index (χ1v) is 14.0. The van der Waals surface area contributed by atoms with Crippen LogP contribution in [0.5, 0.6) is 0 Å². The summed E-state index contributed by atoms with van der Waals surface area (Å²) in [6, 6.07) is 13.3. The third-order valence-corrected chi connectivity index (χ3v) is 8.32. The molecule has 1 aliphatic heterocycles. The summed E-state index contributed by atoms with van der Waals surface area (Å²) in [6.45, 7) is 7.00. The molecule has 1 aliphatic rings. The number of thioether (sulfide) groups is 1. The van der Waals surface area contributed by atoms with Crippen molar-refractivity contribution in [1.82, 2.24) is 19.9 Å². The van der Waals surface area contributed by atoms with Crippen LogP contribution in [0.4, 0.5) is 5.69 Å². The van der Waals surface area contributed by atoms with E-state index < -0.39 is 0 Å². The van der Waals surface area contributed by atoms with E-state index in [9.17, 15) is 9.59 Å². The van der Waals surface area contributed by atoms with Crippen LogP contribution in [0.25, 0.3) is 10.9 Å². The Morgan fingerprint density at radius 3 is 2.84 bits per heavy atom. The van der Waals surface area contributed by atoms with Gasteiger partial charge in [-0.3, -0.25) is 14.6 Å². The molecule has 5 rings (SSSR count). The third kappa shape index (κ3) is 5.73. The number of likely N-dealkylation sites (tertiary alicyclic amines) is 1. The van der Waals surface area contributed by atoms with E-state index in [2.05, 4.69) is 26.8 Å². The Balaban J connectivity index is 1.20. The van der Waals surface area contributed by atoms with E-state index in [0.717, 1.165) is 39.5 Å². The number of thiazole rings is 1. The number of aryl methyl sites for hydroxylation is 1. The first-order valence-electron chi connectivity index (χ1n) is 12.1. The fraction of sp³-hybridized carbons (Fsp3) is 0.250. The Morgan fingerprint density at radius 1 is 1.19 bits per heavy atom. The monoisotopic (exact) mass is 529 g/mol. The number of benzene rings is 1. The second kappa shape index (κ2) is 11.2. The van der Waals surface area contributed by atoms with Crippen LogP contribution >= 0.6 is 23.1 Å². The van der Waals surface area contributed by atoms with Crippen molar-refractivity contribution in [2.24, 2.45) is 0 Å². The number of fused-ring (bicyclic) bond motifs is 1. The minimum atomic E-state index is -0.226. The van der Waals surface area contributed by atoms with Gasteiger partial charge in [-0.2, -0.15) is 0 Å². The van der Waals surface area contributed by atoms with Crippen LogP contribution in [0, 0.1) is 6.92 Å². The normalized spacial score (nSPS) is 14.0. The molecule has 188 valence electrons. The molecule has 7 nitrogen and oxygen atoms in total. The highest BCUT2D eigenvalue weighted by molar-refractivity contribution is 7.99. The van der Waals surface area contributed by atoms with Gasteiger partial charge in [0.2, 0.25) is 0 Å². The average molecular weight is 530 g/mol. The smallest absolute Gasteiger partial charge is 0.275 e. The van der Waals surface area contributed by atoms with Crippen molar-refractivity contribution in [3.63, 3.8) is 0 Å². The highest BCUT2D eigenvalue weighted by Crippen LogP contribution is 2.32. The van der Waals surface area contributed by atoms with Crippen molar-refractivity contribution in [1.29, 1.82) is 0 Å². The molecule has 1 N–H and O–H groups in total. The van der Waals surface area contributed by atoms with Crippen LogP contribution in [0.15, 0.2) is 71.7 Å². The van der Waals surface area contributed by atoms with E-state index in [1.54, 1.807) is 12.3 Å². The zero-order valence-electron chi connectivity index (χ0n) is 20.5. The van der Waals surface area contributed by atoms with Gasteiger partial charge in [-0.05, 0) is 56.2 Å². The molecular weight excluding hydrogens is 502 g/mol. The van der Waals surface area contributed by atoms with E-state index >= 15 is 0 Å².